The zero-order valence-corrected chi connectivity index (χ0v) is 81.7. The van der Waals surface area contributed by atoms with Crippen LogP contribution in [-0.2, 0) is 25.4 Å². The average molecular weight is 1920 g/mol. The molecule has 4 aliphatic carbocycles. The van der Waals surface area contributed by atoms with Crippen LogP contribution in [0, 0.1) is 17.7 Å². The lowest BCUT2D eigenvalue weighted by Gasteiger charge is -2.54. The fourth-order valence-corrected chi connectivity index (χ4v) is 19.3. The Morgan fingerprint density at radius 3 is 0.673 bits per heavy atom. The van der Waals surface area contributed by atoms with Gasteiger partial charge in [0.05, 0.1) is 51.2 Å². The van der Waals surface area contributed by atoms with Crippen molar-refractivity contribution in [2.75, 3.05) is 0 Å². The number of allylic oxidation sites excluding steroid dienone is 20. The molecule has 0 radical (unpaired) electrons. The van der Waals surface area contributed by atoms with Gasteiger partial charge in [0.15, 0.2) is 46.7 Å². The van der Waals surface area contributed by atoms with Gasteiger partial charge in [-0.1, -0.05) is 417 Å². The summed E-state index contributed by atoms with van der Waals surface area (Å²) >= 11 is 0. The highest BCUT2D eigenvalue weighted by Gasteiger charge is 2.53. The van der Waals surface area contributed by atoms with Crippen LogP contribution in [0.15, 0.2) is 550 Å². The summed E-state index contributed by atoms with van der Waals surface area (Å²) in [6.07, 6.45) is 44.8. The summed E-state index contributed by atoms with van der Waals surface area (Å²) in [5.41, 5.74) is 27.5. The molecule has 147 heavy (non-hydrogen) atoms. The van der Waals surface area contributed by atoms with E-state index in [0.717, 1.165) is 150 Å². The molecule has 10 heterocycles. The third kappa shape index (κ3) is 23.7. The predicted octanol–water partition coefficient (Wildman–Crippen LogP) is 30.8. The molecule has 2 fully saturated rings. The van der Waals surface area contributed by atoms with Gasteiger partial charge >= 0.3 is 6.18 Å². The van der Waals surface area contributed by atoms with Crippen molar-refractivity contribution in [3.63, 3.8) is 0 Å². The van der Waals surface area contributed by atoms with Gasteiger partial charge < -0.3 is 0 Å². The van der Waals surface area contributed by atoms with Crippen LogP contribution in [0.1, 0.15) is 159 Å². The lowest BCUT2D eigenvalue weighted by Crippen LogP contribution is -2.40. The molecule has 2 saturated carbocycles. The maximum absolute atomic E-state index is 14.2. The van der Waals surface area contributed by atoms with Crippen molar-refractivity contribution < 1.29 is 17.6 Å². The fraction of sp³-hybridized carbons (Fsp3) is 0.130. The molecule has 718 valence electrons. The van der Waals surface area contributed by atoms with E-state index in [0.29, 0.717) is 52.6 Å². The van der Waals surface area contributed by atoms with Crippen LogP contribution in [0.3, 0.4) is 0 Å². The molecule has 16 bridgehead atoms. The molecule has 0 amide bonds. The lowest BCUT2D eigenvalue weighted by molar-refractivity contribution is -0.137. The Balaban J connectivity index is 0.000000111. The van der Waals surface area contributed by atoms with Crippen molar-refractivity contribution >= 4 is 69.5 Å². The van der Waals surface area contributed by atoms with Crippen LogP contribution >= 0.6 is 0 Å². The van der Waals surface area contributed by atoms with E-state index in [9.17, 15) is 17.6 Å². The van der Waals surface area contributed by atoms with E-state index in [1.54, 1.807) is 24.3 Å². The number of halogens is 4. The van der Waals surface area contributed by atoms with Gasteiger partial charge in [0.25, 0.3) is 0 Å². The number of fused-ring (bicyclic) bond motifs is 24. The van der Waals surface area contributed by atoms with Crippen molar-refractivity contribution in [3.8, 4) is 22.3 Å². The molecule has 27 rings (SSSR count). The summed E-state index contributed by atoms with van der Waals surface area (Å²) < 4.78 is 53.8. The zero-order chi connectivity index (χ0) is 100. The summed E-state index contributed by atoms with van der Waals surface area (Å²) in [6, 6.07) is 114. The molecule has 10 aliphatic heterocycles. The van der Waals surface area contributed by atoms with Crippen molar-refractivity contribution in [1.82, 2.24) is 0 Å². The second-order valence-electron chi connectivity index (χ2n) is 37.7. The molecule has 4 atom stereocenters. The van der Waals surface area contributed by atoms with Gasteiger partial charge in [-0.2, -0.15) is 13.2 Å². The van der Waals surface area contributed by atoms with Crippen LogP contribution in [0.5, 0.6) is 0 Å². The number of hydrogen-bond donors (Lipinski definition) is 0. The van der Waals surface area contributed by atoms with Crippen molar-refractivity contribution in [2.24, 2.45) is 71.7 Å². The number of nitrogens with zero attached hydrogens (tertiary/aromatic N) is 12. The van der Waals surface area contributed by atoms with Gasteiger partial charge in [-0.3, -0.25) is 0 Å². The van der Waals surface area contributed by atoms with Gasteiger partial charge in [0, 0.05) is 44.5 Å². The van der Waals surface area contributed by atoms with E-state index in [4.69, 9.17) is 39.9 Å². The minimum absolute atomic E-state index is 0.0543. The maximum Gasteiger partial charge on any atom is 0.416 e. The topological polar surface area (TPSA) is 148 Å². The monoisotopic (exact) mass is 1920 g/mol. The van der Waals surface area contributed by atoms with Crippen molar-refractivity contribution in [1.29, 1.82) is 0 Å². The highest BCUT2D eigenvalue weighted by Crippen LogP contribution is 2.66. The standard InChI is InChI=1S/C32H16N8.C29H22F4.C22H22.C20H12N4.C12H8.C8H8.C4H8.C4H10/c1-2-10-18-17(9-1)25-33-26(18)38-28-21-13-5-6-14-22(21)30(35-28)40-32-24-16-8-7-15-23(24)31(36-32)39-29-20-12-4-3-11-19(20)27(34-29)37-25;30-24-13-7-12-22(18-24)28-26(20-10-5-2-6-11-20)25(19-8-3-1-4-9-19)27(28)21-14-16-23(17-15-21)29(31,32)33;1-4-10-19(11-5-1)16-22(17-20-12-6-2-7-13-20)18-21-14-8-3-9-15-21;1-2-14-10-16-5-6-18(23-16)12-20-8-7-19(24-20)11-17-4-3-15(22-17)9-13(1)21-14;1-2-6-10-9(5-1)11-7-3-4-8-12(10)11;1-2-4-6-8-7-5-3-1;1-2-4-3-1;1-4(2)3/h1-16H;1-18,25-28H;1-15,22H,16-18H2;1-12H;1-8H;1-8H;1-4H2;4H,1-3H3. The summed E-state index contributed by atoms with van der Waals surface area (Å²) in [4.78, 5) is 57.7. The molecule has 13 aromatic carbocycles. The smallest absolute Gasteiger partial charge is 0.249 e. The van der Waals surface area contributed by atoms with Crippen LogP contribution < -0.4 is 0 Å². The van der Waals surface area contributed by atoms with E-state index in [1.807, 2.05) is 261 Å². The molecule has 0 spiro atoms. The Kier molecular flexibility index (Phi) is 30.2. The Morgan fingerprint density at radius 2 is 0.442 bits per heavy atom. The number of rotatable bonds is 10. The minimum atomic E-state index is -4.38. The van der Waals surface area contributed by atoms with Gasteiger partial charge in [-0.15, -0.1) is 0 Å². The number of hydrogen-bond acceptors (Lipinski definition) is 12. The fourth-order valence-electron chi connectivity index (χ4n) is 19.3. The first-order valence-electron chi connectivity index (χ1n) is 50.2. The molecule has 12 nitrogen and oxygen atoms in total. The van der Waals surface area contributed by atoms with Gasteiger partial charge in [-0.05, 0) is 213 Å². The van der Waals surface area contributed by atoms with E-state index in [2.05, 4.69) is 205 Å². The van der Waals surface area contributed by atoms with E-state index >= 15 is 0 Å². The molecule has 16 heteroatoms. The van der Waals surface area contributed by atoms with Crippen LogP contribution in [0.4, 0.5) is 17.6 Å². The maximum atomic E-state index is 14.2. The van der Waals surface area contributed by atoms with E-state index in [1.165, 1.54) is 70.7 Å². The Morgan fingerprint density at radius 1 is 0.231 bits per heavy atom. The normalized spacial score (nSPS) is 17.7. The second kappa shape index (κ2) is 45.8. The first kappa shape index (κ1) is 97.0. The number of aliphatic imine (C=N–C) groups is 12. The zero-order valence-electron chi connectivity index (χ0n) is 81.7. The highest BCUT2D eigenvalue weighted by molar-refractivity contribution is 6.35. The number of benzene rings is 13. The third-order valence-corrected chi connectivity index (χ3v) is 26.4. The van der Waals surface area contributed by atoms with E-state index < -0.39 is 11.7 Å². The molecule has 13 aromatic rings. The quantitative estimate of drug-likeness (QED) is 0.120. The van der Waals surface area contributed by atoms with Crippen LogP contribution in [0.25, 0.3) is 22.3 Å². The first-order chi connectivity index (χ1) is 72.1. The van der Waals surface area contributed by atoms with Crippen LogP contribution in [-0.4, -0.2) is 69.5 Å². The molecule has 14 aliphatic rings. The van der Waals surface area contributed by atoms with Crippen molar-refractivity contribution in [2.45, 2.75) is 95.6 Å². The molecule has 0 saturated heterocycles. The van der Waals surface area contributed by atoms with Gasteiger partial charge in [0.1, 0.15) is 5.82 Å². The molecule has 4 unspecified atom stereocenters. The minimum Gasteiger partial charge on any atom is -0.249 e. The Bertz CT molecular complexity index is 7170. The molecule has 0 N–H and O–H groups in total. The van der Waals surface area contributed by atoms with Crippen molar-refractivity contribution in [3.05, 3.63) is 585 Å². The largest absolute Gasteiger partial charge is 0.416 e. The predicted molar refractivity (Wildman–Crippen MR) is 599 cm³/mol. The molecule has 0 aromatic heterocycles. The van der Waals surface area contributed by atoms with E-state index in [-0.39, 0.29) is 29.5 Å². The van der Waals surface area contributed by atoms with Gasteiger partial charge in [-0.25, -0.2) is 64.3 Å². The lowest BCUT2D eigenvalue weighted by atomic mass is 9.49. The Hall–Kier alpha value is -17.5. The summed E-state index contributed by atoms with van der Waals surface area (Å²) in [5.74, 6) is 5.55. The summed E-state index contributed by atoms with van der Waals surface area (Å²) in [5, 5.41) is 0. The molecular weight excluding hydrogens is 1820 g/mol. The first-order valence-corrected chi connectivity index (χ1v) is 50.2. The third-order valence-electron chi connectivity index (χ3n) is 26.4. The van der Waals surface area contributed by atoms with Crippen LogP contribution in [0.2, 0.25) is 0 Å². The van der Waals surface area contributed by atoms with Gasteiger partial charge in [0.2, 0.25) is 0 Å². The highest BCUT2D eigenvalue weighted by atomic mass is 19.4. The average Bonchev–Trinajstić information content (AvgIpc) is 1.42. The Labute approximate surface area is 856 Å². The number of alkyl halides is 3. The number of amidine groups is 8. The summed E-state index contributed by atoms with van der Waals surface area (Å²) in [6.45, 7) is 6.50. The molecular formula is C131H106F4N12. The second-order valence-corrected chi connectivity index (χ2v) is 37.7. The summed E-state index contributed by atoms with van der Waals surface area (Å²) in [7, 11) is 0. The SMILES string of the molecule is C1=CC2=NC1=CC1=NC(=CC3=NC(=CC4=NC(=C2)C=C4)C=C3)C=C1.C1=CC=CC=CC=C1.C1CCC1.CC(C)C.Fc1cccc(C2C(c3ccccc3)C(c3ccccc3)C2c2ccc(C(F)(F)F)cc2)c1.c1ccc(CC(Cc2ccccc2)Cc2ccccc2)cc1.c1ccc2c(c1)-c1ccccc1-2.c1ccc2c(c1)C1=NC2=NC2=NC(=NC3=NC(=NC4=NC(=N1)c1ccccc14)c1ccccc13)c1ccccc12.